The first-order valence-electron chi connectivity index (χ1n) is 6.69. The van der Waals surface area contributed by atoms with E-state index in [1.165, 1.54) is 18.4 Å². The summed E-state index contributed by atoms with van der Waals surface area (Å²) in [5.41, 5.74) is 7.69. The molecule has 3 heteroatoms. The maximum Gasteiger partial charge on any atom is 0.0502 e. The molecule has 0 aliphatic carbocycles. The molecule has 1 aromatic carbocycles. The van der Waals surface area contributed by atoms with Crippen LogP contribution in [0, 0.1) is 0 Å². The highest BCUT2D eigenvalue weighted by molar-refractivity contribution is 6.30. The zero-order valence-corrected chi connectivity index (χ0v) is 12.2. The summed E-state index contributed by atoms with van der Waals surface area (Å²) in [7, 11) is 0. The van der Waals surface area contributed by atoms with Crippen molar-refractivity contribution in [3.8, 4) is 0 Å². The van der Waals surface area contributed by atoms with Crippen LogP contribution < -0.4 is 5.73 Å². The van der Waals surface area contributed by atoms with Crippen LogP contribution in [0.1, 0.15) is 45.2 Å². The molecule has 2 rings (SSSR count). The number of rotatable bonds is 3. The van der Waals surface area contributed by atoms with Crippen LogP contribution >= 0.6 is 11.6 Å². The summed E-state index contributed by atoms with van der Waals surface area (Å²) in [6.45, 7) is 7.81. The quantitative estimate of drug-likeness (QED) is 0.906. The number of hydrogen-bond donors (Lipinski definition) is 1. The van der Waals surface area contributed by atoms with E-state index in [1.54, 1.807) is 0 Å². The van der Waals surface area contributed by atoms with Crippen molar-refractivity contribution in [2.45, 2.75) is 51.2 Å². The van der Waals surface area contributed by atoms with E-state index in [4.69, 9.17) is 17.3 Å². The van der Waals surface area contributed by atoms with Gasteiger partial charge >= 0.3 is 0 Å². The van der Waals surface area contributed by atoms with Gasteiger partial charge in [-0.05, 0) is 57.9 Å². The molecule has 0 amide bonds. The smallest absolute Gasteiger partial charge is 0.0502 e. The summed E-state index contributed by atoms with van der Waals surface area (Å²) in [5.74, 6) is 0. The first kappa shape index (κ1) is 13.9. The molecule has 2 unspecified atom stereocenters. The Balaban J connectivity index is 2.35. The standard InChI is InChI=1S/C15H23ClN2/c1-11(17)14(12-6-4-7-13(16)10-12)18-9-5-8-15(18,2)3/h4,6-7,10-11,14H,5,8-9,17H2,1-3H3. The minimum atomic E-state index is 0.0980. The number of benzene rings is 1. The van der Waals surface area contributed by atoms with Crippen LogP contribution in [0.3, 0.4) is 0 Å². The van der Waals surface area contributed by atoms with Gasteiger partial charge in [-0.2, -0.15) is 0 Å². The van der Waals surface area contributed by atoms with Gasteiger partial charge in [0.1, 0.15) is 0 Å². The van der Waals surface area contributed by atoms with Gasteiger partial charge in [0, 0.05) is 16.6 Å². The second-order valence-corrected chi connectivity index (χ2v) is 6.40. The molecule has 18 heavy (non-hydrogen) atoms. The average molecular weight is 267 g/mol. The number of likely N-dealkylation sites (tertiary alicyclic amines) is 1. The second kappa shape index (κ2) is 5.20. The van der Waals surface area contributed by atoms with Crippen molar-refractivity contribution >= 4 is 11.6 Å². The highest BCUT2D eigenvalue weighted by atomic mass is 35.5. The third-order valence-corrected chi connectivity index (χ3v) is 4.22. The molecule has 2 N–H and O–H groups in total. The van der Waals surface area contributed by atoms with Crippen LogP contribution in [0.2, 0.25) is 5.02 Å². The van der Waals surface area contributed by atoms with E-state index in [-0.39, 0.29) is 17.6 Å². The molecular formula is C15H23ClN2. The van der Waals surface area contributed by atoms with E-state index in [2.05, 4.69) is 31.7 Å². The number of nitrogens with zero attached hydrogens (tertiary/aromatic N) is 1. The van der Waals surface area contributed by atoms with Gasteiger partial charge in [0.2, 0.25) is 0 Å². The fourth-order valence-electron chi connectivity index (χ4n) is 3.10. The van der Waals surface area contributed by atoms with E-state index in [9.17, 15) is 0 Å². The molecule has 1 fully saturated rings. The lowest BCUT2D eigenvalue weighted by Crippen LogP contribution is -2.47. The molecule has 1 aliphatic heterocycles. The molecule has 2 atom stereocenters. The zero-order valence-electron chi connectivity index (χ0n) is 11.5. The third-order valence-electron chi connectivity index (χ3n) is 3.99. The van der Waals surface area contributed by atoms with Crippen LogP contribution in [0.25, 0.3) is 0 Å². The van der Waals surface area contributed by atoms with Crippen LogP contribution in [-0.2, 0) is 0 Å². The molecule has 1 aliphatic rings. The number of nitrogens with two attached hydrogens (primary N) is 1. The Kier molecular flexibility index (Phi) is 4.00. The summed E-state index contributed by atoms with van der Waals surface area (Å²) in [5, 5.41) is 0.787. The predicted molar refractivity (Wildman–Crippen MR) is 77.9 cm³/mol. The third kappa shape index (κ3) is 2.71. The molecule has 1 saturated heterocycles. The second-order valence-electron chi connectivity index (χ2n) is 5.97. The maximum atomic E-state index is 6.23. The minimum Gasteiger partial charge on any atom is -0.326 e. The van der Waals surface area contributed by atoms with Crippen molar-refractivity contribution in [1.29, 1.82) is 0 Å². The molecule has 0 radical (unpaired) electrons. The Morgan fingerprint density at radius 3 is 2.61 bits per heavy atom. The van der Waals surface area contributed by atoms with E-state index >= 15 is 0 Å². The summed E-state index contributed by atoms with van der Waals surface area (Å²) in [6.07, 6.45) is 2.48. The van der Waals surface area contributed by atoms with Crippen molar-refractivity contribution < 1.29 is 0 Å². The van der Waals surface area contributed by atoms with Gasteiger partial charge in [-0.1, -0.05) is 23.7 Å². The van der Waals surface area contributed by atoms with Crippen molar-refractivity contribution in [1.82, 2.24) is 4.90 Å². The molecular weight excluding hydrogens is 244 g/mol. The van der Waals surface area contributed by atoms with Gasteiger partial charge in [0.05, 0.1) is 6.04 Å². The molecule has 1 heterocycles. The van der Waals surface area contributed by atoms with Gasteiger partial charge in [-0.3, -0.25) is 4.90 Å². The largest absolute Gasteiger partial charge is 0.326 e. The van der Waals surface area contributed by atoms with Gasteiger partial charge in [-0.15, -0.1) is 0 Å². The zero-order chi connectivity index (χ0) is 13.3. The average Bonchev–Trinajstić information content (AvgIpc) is 2.59. The summed E-state index contributed by atoms with van der Waals surface area (Å²) in [6, 6.07) is 8.45. The van der Waals surface area contributed by atoms with Gasteiger partial charge < -0.3 is 5.73 Å². The normalized spacial score (nSPS) is 22.9. The number of hydrogen-bond acceptors (Lipinski definition) is 2. The molecule has 0 bridgehead atoms. The number of halogens is 1. The lowest BCUT2D eigenvalue weighted by Gasteiger charge is -2.40. The summed E-state index contributed by atoms with van der Waals surface area (Å²) >= 11 is 6.11. The molecule has 2 nitrogen and oxygen atoms in total. The Bertz CT molecular complexity index is 415. The van der Waals surface area contributed by atoms with Crippen LogP contribution in [0.15, 0.2) is 24.3 Å². The highest BCUT2D eigenvalue weighted by Gasteiger charge is 2.38. The lowest BCUT2D eigenvalue weighted by molar-refractivity contribution is 0.101. The van der Waals surface area contributed by atoms with E-state index in [1.807, 2.05) is 18.2 Å². The lowest BCUT2D eigenvalue weighted by atomic mass is 9.94. The SMILES string of the molecule is CC(N)C(c1cccc(Cl)c1)N1CCCC1(C)C. The fourth-order valence-corrected chi connectivity index (χ4v) is 3.30. The van der Waals surface area contributed by atoms with Crippen LogP contribution in [0.5, 0.6) is 0 Å². The molecule has 100 valence electrons. The highest BCUT2D eigenvalue weighted by Crippen LogP contribution is 2.38. The molecule has 0 saturated carbocycles. The van der Waals surface area contributed by atoms with Gasteiger partial charge in [-0.25, -0.2) is 0 Å². The minimum absolute atomic E-state index is 0.0980. The van der Waals surface area contributed by atoms with Crippen LogP contribution in [-0.4, -0.2) is 23.0 Å². The maximum absolute atomic E-state index is 6.23. The van der Waals surface area contributed by atoms with Gasteiger partial charge in [0.15, 0.2) is 0 Å². The van der Waals surface area contributed by atoms with E-state index < -0.39 is 0 Å². The van der Waals surface area contributed by atoms with Crippen LogP contribution in [0.4, 0.5) is 0 Å². The fraction of sp³-hybridized carbons (Fsp3) is 0.600. The van der Waals surface area contributed by atoms with E-state index in [0.717, 1.165) is 11.6 Å². The van der Waals surface area contributed by atoms with Crippen molar-refractivity contribution in [2.24, 2.45) is 5.73 Å². The Labute approximate surface area is 115 Å². The van der Waals surface area contributed by atoms with E-state index in [0.29, 0.717) is 0 Å². The van der Waals surface area contributed by atoms with Crippen molar-refractivity contribution in [3.05, 3.63) is 34.9 Å². The molecule has 0 spiro atoms. The monoisotopic (exact) mass is 266 g/mol. The van der Waals surface area contributed by atoms with Crippen molar-refractivity contribution in [2.75, 3.05) is 6.54 Å². The summed E-state index contributed by atoms with van der Waals surface area (Å²) in [4.78, 5) is 2.53. The first-order valence-corrected chi connectivity index (χ1v) is 7.07. The Morgan fingerprint density at radius 2 is 2.11 bits per heavy atom. The summed E-state index contributed by atoms with van der Waals surface area (Å²) < 4.78 is 0. The first-order chi connectivity index (χ1) is 8.42. The Hall–Kier alpha value is -0.570. The predicted octanol–water partition coefficient (Wildman–Crippen LogP) is 3.60. The topological polar surface area (TPSA) is 29.3 Å². The molecule has 1 aromatic rings. The molecule has 0 aromatic heterocycles. The van der Waals surface area contributed by atoms with Gasteiger partial charge in [0.25, 0.3) is 0 Å². The van der Waals surface area contributed by atoms with Crippen molar-refractivity contribution in [3.63, 3.8) is 0 Å². The Morgan fingerprint density at radius 1 is 1.39 bits per heavy atom.